The van der Waals surface area contributed by atoms with Crippen LogP contribution in [0.5, 0.6) is 0 Å². The number of aliphatic imine (C=N–C) groups is 1. The molecule has 4 heteroatoms. The van der Waals surface area contributed by atoms with E-state index in [1.807, 2.05) is 39.8 Å². The lowest BCUT2D eigenvalue weighted by atomic mass is 10.1. The summed E-state index contributed by atoms with van der Waals surface area (Å²) in [5.41, 5.74) is 1.42. The zero-order valence-electron chi connectivity index (χ0n) is 10.6. The number of anilines is 1. The van der Waals surface area contributed by atoms with Crippen LogP contribution in [0.15, 0.2) is 23.2 Å². The van der Waals surface area contributed by atoms with Gasteiger partial charge in [0.25, 0.3) is 0 Å². The monoisotopic (exact) mass is 256 g/mol. The first kappa shape index (κ1) is 14.0. The maximum Gasteiger partial charge on any atom is 0.230 e. The summed E-state index contributed by atoms with van der Waals surface area (Å²) in [4.78, 5) is 4.13. The second-order valence-corrected chi connectivity index (χ2v) is 4.79. The number of halogens is 2. The fourth-order valence-electron chi connectivity index (χ4n) is 1.62. The summed E-state index contributed by atoms with van der Waals surface area (Å²) in [6.45, 7) is 7.74. The molecule has 1 unspecified atom stereocenters. The van der Waals surface area contributed by atoms with Gasteiger partial charge in [0.1, 0.15) is 0 Å². The van der Waals surface area contributed by atoms with Crippen LogP contribution >= 0.6 is 11.6 Å². The normalized spacial score (nSPS) is 13.9. The van der Waals surface area contributed by atoms with Gasteiger partial charge in [-0.2, -0.15) is 0 Å². The Morgan fingerprint density at radius 3 is 2.18 bits per heavy atom. The SMILES string of the molecule is Cc1cc(C)cc(NC(=NC(C)C)C(F)Cl)c1. The first-order valence-corrected chi connectivity index (χ1v) is 6.03. The highest BCUT2D eigenvalue weighted by Gasteiger charge is 2.12. The van der Waals surface area contributed by atoms with Gasteiger partial charge in [0, 0.05) is 11.7 Å². The molecule has 1 N–H and O–H groups in total. The third kappa shape index (κ3) is 4.73. The molecule has 0 aliphatic heterocycles. The van der Waals surface area contributed by atoms with Gasteiger partial charge in [-0.25, -0.2) is 4.39 Å². The predicted molar refractivity (Wildman–Crippen MR) is 72.9 cm³/mol. The fraction of sp³-hybridized carbons (Fsp3) is 0.462. The Kier molecular flexibility index (Phi) is 4.94. The van der Waals surface area contributed by atoms with Crippen molar-refractivity contribution in [2.24, 2.45) is 4.99 Å². The molecule has 1 rings (SSSR count). The smallest absolute Gasteiger partial charge is 0.230 e. The van der Waals surface area contributed by atoms with Gasteiger partial charge in [-0.1, -0.05) is 17.7 Å². The van der Waals surface area contributed by atoms with Gasteiger partial charge in [-0.3, -0.25) is 4.99 Å². The number of rotatable bonds is 3. The summed E-state index contributed by atoms with van der Waals surface area (Å²) in [5, 5.41) is 2.93. The van der Waals surface area contributed by atoms with Crippen LogP contribution in [0.25, 0.3) is 0 Å². The van der Waals surface area contributed by atoms with Crippen LogP contribution in [0.2, 0.25) is 0 Å². The number of hydrogen-bond acceptors (Lipinski definition) is 1. The second kappa shape index (κ2) is 6.01. The lowest BCUT2D eigenvalue weighted by Gasteiger charge is -2.12. The maximum absolute atomic E-state index is 13.2. The van der Waals surface area contributed by atoms with E-state index in [1.165, 1.54) is 0 Å². The molecule has 0 saturated carbocycles. The van der Waals surface area contributed by atoms with Crippen molar-refractivity contribution >= 4 is 23.1 Å². The molecule has 1 aromatic carbocycles. The van der Waals surface area contributed by atoms with E-state index in [-0.39, 0.29) is 11.9 Å². The Bertz CT molecular complexity index is 394. The third-order valence-electron chi connectivity index (χ3n) is 2.10. The van der Waals surface area contributed by atoms with Gasteiger partial charge in [-0.15, -0.1) is 0 Å². The lowest BCUT2D eigenvalue weighted by Crippen LogP contribution is -2.22. The molecule has 0 aliphatic carbocycles. The van der Waals surface area contributed by atoms with Crippen LogP contribution in [-0.4, -0.2) is 17.5 Å². The summed E-state index contributed by atoms with van der Waals surface area (Å²) in [5.74, 6) is 0.159. The van der Waals surface area contributed by atoms with Crippen LogP contribution in [0.1, 0.15) is 25.0 Å². The largest absolute Gasteiger partial charge is 0.340 e. The molecule has 2 nitrogen and oxygen atoms in total. The van der Waals surface area contributed by atoms with Crippen molar-refractivity contribution < 1.29 is 4.39 Å². The Morgan fingerprint density at radius 2 is 1.76 bits per heavy atom. The molecule has 0 radical (unpaired) electrons. The summed E-state index contributed by atoms with van der Waals surface area (Å²) >= 11 is 5.46. The Morgan fingerprint density at radius 1 is 1.24 bits per heavy atom. The van der Waals surface area contributed by atoms with Crippen LogP contribution in [0.3, 0.4) is 0 Å². The van der Waals surface area contributed by atoms with Crippen molar-refractivity contribution in [3.05, 3.63) is 29.3 Å². The standard InChI is InChI=1S/C13H18ClFN2/c1-8(2)16-13(12(14)15)17-11-6-9(3)5-10(4)7-11/h5-8,12H,1-4H3,(H,16,17). The van der Waals surface area contributed by atoms with Gasteiger partial charge in [0.15, 0.2) is 5.84 Å². The molecule has 1 aromatic rings. The van der Waals surface area contributed by atoms with E-state index in [0.29, 0.717) is 0 Å². The zero-order valence-corrected chi connectivity index (χ0v) is 11.3. The highest BCUT2D eigenvalue weighted by molar-refractivity contribution is 6.32. The minimum absolute atomic E-state index is 0.000376. The van der Waals surface area contributed by atoms with Crippen LogP contribution in [-0.2, 0) is 0 Å². The van der Waals surface area contributed by atoms with E-state index in [1.54, 1.807) is 0 Å². The Balaban J connectivity index is 2.94. The molecule has 0 aliphatic rings. The number of nitrogens with zero attached hydrogens (tertiary/aromatic N) is 1. The molecule has 0 heterocycles. The number of benzene rings is 1. The molecule has 0 spiro atoms. The molecule has 94 valence electrons. The van der Waals surface area contributed by atoms with Gasteiger partial charge in [0.05, 0.1) is 0 Å². The number of alkyl halides is 2. The quantitative estimate of drug-likeness (QED) is 0.492. The molecule has 0 bridgehead atoms. The number of aryl methyl sites for hydroxylation is 2. The van der Waals surface area contributed by atoms with Crippen LogP contribution < -0.4 is 5.32 Å². The van der Waals surface area contributed by atoms with Crippen molar-refractivity contribution in [3.8, 4) is 0 Å². The van der Waals surface area contributed by atoms with Gasteiger partial charge in [0.2, 0.25) is 5.63 Å². The molecular formula is C13H18ClFN2. The van der Waals surface area contributed by atoms with Crippen molar-refractivity contribution in [2.75, 3.05) is 5.32 Å². The van der Waals surface area contributed by atoms with Crippen LogP contribution in [0.4, 0.5) is 10.1 Å². The summed E-state index contributed by atoms with van der Waals surface area (Å²) in [6.07, 6.45) is 0. The van der Waals surface area contributed by atoms with E-state index in [9.17, 15) is 4.39 Å². The second-order valence-electron chi connectivity index (χ2n) is 4.41. The molecule has 17 heavy (non-hydrogen) atoms. The average Bonchev–Trinajstić information content (AvgIpc) is 2.13. The summed E-state index contributed by atoms with van der Waals surface area (Å²) in [6, 6.07) is 5.92. The number of amidine groups is 1. The molecule has 0 fully saturated rings. The Labute approximate surface area is 107 Å². The average molecular weight is 257 g/mol. The van der Waals surface area contributed by atoms with E-state index in [0.717, 1.165) is 16.8 Å². The van der Waals surface area contributed by atoms with Crippen molar-refractivity contribution in [1.29, 1.82) is 0 Å². The highest BCUT2D eigenvalue weighted by Crippen LogP contribution is 2.15. The topological polar surface area (TPSA) is 24.4 Å². The van der Waals surface area contributed by atoms with Gasteiger partial charge < -0.3 is 5.32 Å². The minimum atomic E-state index is -1.61. The molecule has 1 atom stereocenters. The lowest BCUT2D eigenvalue weighted by molar-refractivity contribution is 0.530. The van der Waals surface area contributed by atoms with Gasteiger partial charge in [-0.05, 0) is 51.0 Å². The molecular weight excluding hydrogens is 239 g/mol. The Hall–Kier alpha value is -1.09. The van der Waals surface area contributed by atoms with E-state index >= 15 is 0 Å². The number of nitrogens with one attached hydrogen (secondary N) is 1. The zero-order chi connectivity index (χ0) is 13.0. The molecule has 0 amide bonds. The summed E-state index contributed by atoms with van der Waals surface area (Å²) in [7, 11) is 0. The van der Waals surface area contributed by atoms with Gasteiger partial charge >= 0.3 is 0 Å². The maximum atomic E-state index is 13.2. The van der Waals surface area contributed by atoms with Crippen molar-refractivity contribution in [2.45, 2.75) is 39.4 Å². The minimum Gasteiger partial charge on any atom is -0.340 e. The van der Waals surface area contributed by atoms with E-state index in [2.05, 4.69) is 16.4 Å². The predicted octanol–water partition coefficient (Wildman–Crippen LogP) is 4.06. The first-order valence-electron chi connectivity index (χ1n) is 5.59. The van der Waals surface area contributed by atoms with E-state index < -0.39 is 5.63 Å². The number of hydrogen-bond donors (Lipinski definition) is 1. The van der Waals surface area contributed by atoms with Crippen LogP contribution in [0, 0.1) is 13.8 Å². The highest BCUT2D eigenvalue weighted by atomic mass is 35.5. The van der Waals surface area contributed by atoms with E-state index in [4.69, 9.17) is 11.6 Å². The molecule has 0 aromatic heterocycles. The van der Waals surface area contributed by atoms with Crippen molar-refractivity contribution in [3.63, 3.8) is 0 Å². The van der Waals surface area contributed by atoms with Crippen molar-refractivity contribution in [1.82, 2.24) is 0 Å². The summed E-state index contributed by atoms with van der Waals surface area (Å²) < 4.78 is 13.2. The third-order valence-corrected chi connectivity index (χ3v) is 2.30. The molecule has 0 saturated heterocycles. The first-order chi connectivity index (χ1) is 7.88. The fourth-order valence-corrected chi connectivity index (χ4v) is 1.73.